The van der Waals surface area contributed by atoms with E-state index in [0.717, 1.165) is 43.7 Å². The first-order chi connectivity index (χ1) is 13.6. The third kappa shape index (κ3) is 4.43. The summed E-state index contributed by atoms with van der Waals surface area (Å²) in [5.41, 5.74) is 2.50. The van der Waals surface area contributed by atoms with Crippen molar-refractivity contribution in [3.63, 3.8) is 0 Å². The average molecular weight is 398 g/mol. The molecule has 1 fully saturated rings. The van der Waals surface area contributed by atoms with Crippen LogP contribution in [-0.4, -0.2) is 31.4 Å². The van der Waals surface area contributed by atoms with Gasteiger partial charge in [-0.2, -0.15) is 5.10 Å². The number of hydrogen-bond acceptors (Lipinski definition) is 4. The highest BCUT2D eigenvalue weighted by Gasteiger charge is 2.17. The highest BCUT2D eigenvalue weighted by molar-refractivity contribution is 7.92. The zero-order valence-electron chi connectivity index (χ0n) is 15.5. The van der Waals surface area contributed by atoms with Crippen molar-refractivity contribution in [3.05, 3.63) is 67.0 Å². The molecule has 7 heteroatoms. The molecule has 2 aromatic carbocycles. The third-order valence-corrected chi connectivity index (χ3v) is 6.34. The van der Waals surface area contributed by atoms with Gasteiger partial charge < -0.3 is 4.74 Å². The van der Waals surface area contributed by atoms with Crippen molar-refractivity contribution in [3.8, 4) is 11.1 Å². The zero-order chi connectivity index (χ0) is 19.4. The Kier molecular flexibility index (Phi) is 5.45. The fraction of sp³-hybridized carbons (Fsp3) is 0.286. The Labute approximate surface area is 165 Å². The van der Waals surface area contributed by atoms with Crippen molar-refractivity contribution in [1.82, 2.24) is 9.78 Å². The summed E-state index contributed by atoms with van der Waals surface area (Å²) in [4.78, 5) is 0.226. The smallest absolute Gasteiger partial charge is 0.261 e. The van der Waals surface area contributed by atoms with Crippen LogP contribution < -0.4 is 4.72 Å². The molecule has 1 aliphatic heterocycles. The minimum Gasteiger partial charge on any atom is -0.381 e. The summed E-state index contributed by atoms with van der Waals surface area (Å²) in [5, 5.41) is 4.29. The summed E-state index contributed by atoms with van der Waals surface area (Å²) in [6, 6.07) is 16.7. The Bertz CT molecular complexity index is 1010. The molecule has 0 radical (unpaired) electrons. The number of benzene rings is 2. The molecule has 2 heterocycles. The van der Waals surface area contributed by atoms with Crippen LogP contribution >= 0.6 is 0 Å². The van der Waals surface area contributed by atoms with Gasteiger partial charge in [0.15, 0.2) is 0 Å². The van der Waals surface area contributed by atoms with Gasteiger partial charge in [0.25, 0.3) is 10.0 Å². The summed E-state index contributed by atoms with van der Waals surface area (Å²) in [6.45, 7) is 2.34. The van der Waals surface area contributed by atoms with E-state index in [1.54, 1.807) is 29.2 Å². The first kappa shape index (κ1) is 18.7. The zero-order valence-corrected chi connectivity index (χ0v) is 16.3. The van der Waals surface area contributed by atoms with Gasteiger partial charge in [-0.15, -0.1) is 0 Å². The first-order valence-corrected chi connectivity index (χ1v) is 10.9. The topological polar surface area (TPSA) is 73.2 Å². The molecule has 0 unspecified atom stereocenters. The number of nitrogens with one attached hydrogen (secondary N) is 1. The molecule has 1 N–H and O–H groups in total. The summed E-state index contributed by atoms with van der Waals surface area (Å²) in [6.07, 6.45) is 5.31. The van der Waals surface area contributed by atoms with E-state index in [4.69, 9.17) is 4.74 Å². The van der Waals surface area contributed by atoms with Gasteiger partial charge in [-0.3, -0.25) is 9.40 Å². The van der Waals surface area contributed by atoms with Gasteiger partial charge in [0, 0.05) is 26.0 Å². The maximum atomic E-state index is 12.7. The van der Waals surface area contributed by atoms with Crippen LogP contribution in [0, 0.1) is 5.92 Å². The van der Waals surface area contributed by atoms with Gasteiger partial charge in [-0.25, -0.2) is 8.42 Å². The maximum absolute atomic E-state index is 12.7. The molecule has 1 aliphatic rings. The predicted octanol–water partition coefficient (Wildman–Crippen LogP) is 3.78. The molecule has 1 aromatic heterocycles. The Balaban J connectivity index is 1.44. The monoisotopic (exact) mass is 397 g/mol. The molecular weight excluding hydrogens is 374 g/mol. The second-order valence-electron chi connectivity index (χ2n) is 7.00. The molecule has 146 valence electrons. The van der Waals surface area contributed by atoms with E-state index in [0.29, 0.717) is 11.6 Å². The molecule has 0 saturated carbocycles. The van der Waals surface area contributed by atoms with Crippen molar-refractivity contribution in [2.24, 2.45) is 5.92 Å². The van der Waals surface area contributed by atoms with Crippen LogP contribution in [0.1, 0.15) is 12.8 Å². The van der Waals surface area contributed by atoms with Crippen LogP contribution in [0.15, 0.2) is 71.9 Å². The first-order valence-electron chi connectivity index (χ1n) is 9.39. The summed E-state index contributed by atoms with van der Waals surface area (Å²) >= 11 is 0. The second kappa shape index (κ2) is 8.16. The fourth-order valence-electron chi connectivity index (χ4n) is 3.38. The minimum atomic E-state index is -3.66. The Morgan fingerprint density at radius 1 is 1.00 bits per heavy atom. The number of hydrogen-bond donors (Lipinski definition) is 1. The van der Waals surface area contributed by atoms with E-state index < -0.39 is 10.0 Å². The number of sulfonamides is 1. The molecule has 4 rings (SSSR count). The SMILES string of the molecule is O=S(=O)(Nc1cnn(CC2CCOCC2)c1)c1ccc(-c2ccccc2)cc1. The number of nitrogens with zero attached hydrogens (tertiary/aromatic N) is 2. The van der Waals surface area contributed by atoms with Gasteiger partial charge in [-0.05, 0) is 42.0 Å². The minimum absolute atomic E-state index is 0.226. The lowest BCUT2D eigenvalue weighted by Crippen LogP contribution is -2.20. The van der Waals surface area contributed by atoms with E-state index in [1.807, 2.05) is 42.5 Å². The number of rotatable bonds is 6. The van der Waals surface area contributed by atoms with Crippen molar-refractivity contribution in [2.45, 2.75) is 24.3 Å². The highest BCUT2D eigenvalue weighted by Crippen LogP contribution is 2.23. The number of aromatic nitrogens is 2. The van der Waals surface area contributed by atoms with E-state index >= 15 is 0 Å². The van der Waals surface area contributed by atoms with Crippen LogP contribution in [0.2, 0.25) is 0 Å². The summed E-state index contributed by atoms with van der Waals surface area (Å²) < 4.78 is 35.2. The van der Waals surface area contributed by atoms with Gasteiger partial charge in [0.05, 0.1) is 16.8 Å². The van der Waals surface area contributed by atoms with Crippen molar-refractivity contribution in [1.29, 1.82) is 0 Å². The summed E-state index contributed by atoms with van der Waals surface area (Å²) in [7, 11) is -3.66. The quantitative estimate of drug-likeness (QED) is 0.687. The second-order valence-corrected chi connectivity index (χ2v) is 8.69. The summed E-state index contributed by atoms with van der Waals surface area (Å²) in [5.74, 6) is 0.517. The lowest BCUT2D eigenvalue weighted by molar-refractivity contribution is 0.0601. The van der Waals surface area contributed by atoms with Gasteiger partial charge in [0.1, 0.15) is 0 Å². The van der Waals surface area contributed by atoms with Crippen molar-refractivity contribution < 1.29 is 13.2 Å². The van der Waals surface area contributed by atoms with Gasteiger partial charge in [-0.1, -0.05) is 42.5 Å². The molecule has 0 aliphatic carbocycles. The molecule has 28 heavy (non-hydrogen) atoms. The maximum Gasteiger partial charge on any atom is 0.261 e. The van der Waals surface area contributed by atoms with E-state index in [2.05, 4.69) is 9.82 Å². The highest BCUT2D eigenvalue weighted by atomic mass is 32.2. The van der Waals surface area contributed by atoms with E-state index in [-0.39, 0.29) is 4.90 Å². The van der Waals surface area contributed by atoms with E-state index in [9.17, 15) is 8.42 Å². The molecule has 0 spiro atoms. The molecule has 0 amide bonds. The van der Waals surface area contributed by atoms with Gasteiger partial charge >= 0.3 is 0 Å². The van der Waals surface area contributed by atoms with E-state index in [1.165, 1.54) is 0 Å². The van der Waals surface area contributed by atoms with Gasteiger partial charge in [0.2, 0.25) is 0 Å². The average Bonchev–Trinajstić information content (AvgIpc) is 3.15. The standard InChI is InChI=1S/C21H23N3O3S/c25-28(26,21-8-6-19(7-9-21)18-4-2-1-3-5-18)23-20-14-22-24(16-20)15-17-10-12-27-13-11-17/h1-9,14,16-17,23H,10-13,15H2. The predicted molar refractivity (Wildman–Crippen MR) is 108 cm³/mol. The van der Waals surface area contributed by atoms with Crippen LogP contribution in [0.4, 0.5) is 5.69 Å². The normalized spacial score (nSPS) is 15.4. The van der Waals surface area contributed by atoms with Crippen LogP contribution in [-0.2, 0) is 21.3 Å². The van der Waals surface area contributed by atoms with Crippen LogP contribution in [0.25, 0.3) is 11.1 Å². The number of ether oxygens (including phenoxy) is 1. The molecule has 0 atom stereocenters. The number of anilines is 1. The van der Waals surface area contributed by atoms with Crippen molar-refractivity contribution >= 4 is 15.7 Å². The Morgan fingerprint density at radius 2 is 1.68 bits per heavy atom. The van der Waals surface area contributed by atoms with Crippen LogP contribution in [0.3, 0.4) is 0 Å². The molecule has 3 aromatic rings. The third-order valence-electron chi connectivity index (χ3n) is 4.94. The lowest BCUT2D eigenvalue weighted by atomic mass is 10.0. The lowest BCUT2D eigenvalue weighted by Gasteiger charge is -2.21. The van der Waals surface area contributed by atoms with Crippen LogP contribution in [0.5, 0.6) is 0 Å². The molecule has 0 bridgehead atoms. The Hall–Kier alpha value is -2.64. The molecule has 6 nitrogen and oxygen atoms in total. The largest absolute Gasteiger partial charge is 0.381 e. The van der Waals surface area contributed by atoms with Crippen molar-refractivity contribution in [2.75, 3.05) is 17.9 Å². The fourth-order valence-corrected chi connectivity index (χ4v) is 4.41. The molecule has 1 saturated heterocycles. The molecular formula is C21H23N3O3S. The Morgan fingerprint density at radius 3 is 2.39 bits per heavy atom.